The van der Waals surface area contributed by atoms with Crippen molar-refractivity contribution in [3.8, 4) is 0 Å². The molecule has 2 nitrogen and oxygen atoms in total. The fourth-order valence-corrected chi connectivity index (χ4v) is 2.36. The van der Waals surface area contributed by atoms with E-state index in [-0.39, 0.29) is 6.04 Å². The zero-order valence-corrected chi connectivity index (χ0v) is 12.4. The highest BCUT2D eigenvalue weighted by atomic mass is 15.1. The maximum Gasteiger partial charge on any atom is 0.0429 e. The predicted molar refractivity (Wildman–Crippen MR) is 86.8 cm³/mol. The van der Waals surface area contributed by atoms with E-state index < -0.39 is 0 Å². The van der Waals surface area contributed by atoms with Crippen LogP contribution in [-0.2, 0) is 6.54 Å². The van der Waals surface area contributed by atoms with Crippen molar-refractivity contribution in [3.05, 3.63) is 65.7 Å². The highest BCUT2D eigenvalue weighted by molar-refractivity contribution is 5.48. The molecule has 0 amide bonds. The fraction of sp³-hybridized carbons (Fsp3) is 0.333. The van der Waals surface area contributed by atoms with Gasteiger partial charge < -0.3 is 10.6 Å². The lowest BCUT2D eigenvalue weighted by atomic mass is 10.0. The van der Waals surface area contributed by atoms with Crippen LogP contribution in [0.2, 0.25) is 0 Å². The number of hydrogen-bond acceptors (Lipinski definition) is 2. The molecular weight excluding hydrogens is 244 g/mol. The molecule has 2 N–H and O–H groups in total. The van der Waals surface area contributed by atoms with Crippen LogP contribution in [0.25, 0.3) is 0 Å². The summed E-state index contributed by atoms with van der Waals surface area (Å²) in [4.78, 5) is 2.37. The van der Waals surface area contributed by atoms with E-state index in [4.69, 9.17) is 5.73 Å². The highest BCUT2D eigenvalue weighted by Crippen LogP contribution is 2.21. The molecule has 0 saturated carbocycles. The third kappa shape index (κ3) is 3.61. The van der Waals surface area contributed by atoms with E-state index in [1.165, 1.54) is 16.8 Å². The van der Waals surface area contributed by atoms with E-state index in [1.807, 2.05) is 0 Å². The van der Waals surface area contributed by atoms with Crippen molar-refractivity contribution < 1.29 is 0 Å². The third-order valence-electron chi connectivity index (χ3n) is 3.72. The van der Waals surface area contributed by atoms with Gasteiger partial charge in [-0.2, -0.15) is 0 Å². The lowest BCUT2D eigenvalue weighted by molar-refractivity contribution is 0.698. The van der Waals surface area contributed by atoms with Crippen LogP contribution in [0, 0.1) is 0 Å². The lowest BCUT2D eigenvalue weighted by Gasteiger charge is -2.24. The summed E-state index contributed by atoms with van der Waals surface area (Å²) in [5.74, 6) is 0. The maximum atomic E-state index is 6.06. The van der Waals surface area contributed by atoms with E-state index in [2.05, 4.69) is 73.3 Å². The number of anilines is 1. The minimum absolute atomic E-state index is 0.147. The monoisotopic (exact) mass is 268 g/mol. The predicted octanol–water partition coefficient (Wildman–Crippen LogP) is 4.12. The molecule has 2 heteroatoms. The van der Waals surface area contributed by atoms with Crippen LogP contribution < -0.4 is 10.6 Å². The molecular formula is C18H24N2. The maximum absolute atomic E-state index is 6.06. The number of benzene rings is 2. The zero-order chi connectivity index (χ0) is 14.4. The van der Waals surface area contributed by atoms with E-state index in [0.717, 1.165) is 19.5 Å². The second-order valence-electron chi connectivity index (χ2n) is 5.11. The first-order chi connectivity index (χ1) is 9.74. The van der Waals surface area contributed by atoms with Crippen LogP contribution in [0.15, 0.2) is 54.6 Å². The largest absolute Gasteiger partial charge is 0.367 e. The van der Waals surface area contributed by atoms with E-state index in [1.54, 1.807) is 0 Å². The molecule has 0 aliphatic heterocycles. The van der Waals surface area contributed by atoms with Gasteiger partial charge >= 0.3 is 0 Å². The van der Waals surface area contributed by atoms with Crippen molar-refractivity contribution in [1.29, 1.82) is 0 Å². The first-order valence-electron chi connectivity index (χ1n) is 7.39. The molecule has 0 spiro atoms. The summed E-state index contributed by atoms with van der Waals surface area (Å²) in [7, 11) is 0. The molecule has 0 aliphatic rings. The van der Waals surface area contributed by atoms with Crippen molar-refractivity contribution in [2.24, 2.45) is 5.73 Å². The molecule has 0 fully saturated rings. The normalized spacial score (nSPS) is 12.2. The molecule has 2 aromatic rings. The summed E-state index contributed by atoms with van der Waals surface area (Å²) in [6.45, 7) is 6.24. The SMILES string of the molecule is CC[C@H](N)c1ccc(N(CC)Cc2ccccc2)cc1. The quantitative estimate of drug-likeness (QED) is 0.853. The Labute approximate surface area is 122 Å². The standard InChI is InChI=1S/C18H24N2/c1-3-18(19)16-10-12-17(13-11-16)20(4-2)14-15-8-6-5-7-9-15/h5-13,18H,3-4,14,19H2,1-2H3/t18-/m0/s1. The highest BCUT2D eigenvalue weighted by Gasteiger charge is 2.07. The van der Waals surface area contributed by atoms with Crippen LogP contribution in [-0.4, -0.2) is 6.54 Å². The number of hydrogen-bond donors (Lipinski definition) is 1. The van der Waals surface area contributed by atoms with Crippen molar-refractivity contribution in [1.82, 2.24) is 0 Å². The number of nitrogens with two attached hydrogens (primary N) is 1. The smallest absolute Gasteiger partial charge is 0.0429 e. The summed E-state index contributed by atoms with van der Waals surface area (Å²) in [6.07, 6.45) is 0.973. The second kappa shape index (κ2) is 7.11. The van der Waals surface area contributed by atoms with E-state index >= 15 is 0 Å². The number of rotatable bonds is 6. The Bertz CT molecular complexity index is 505. The first kappa shape index (κ1) is 14.6. The van der Waals surface area contributed by atoms with Crippen molar-refractivity contribution in [2.75, 3.05) is 11.4 Å². The first-order valence-corrected chi connectivity index (χ1v) is 7.39. The summed E-state index contributed by atoms with van der Waals surface area (Å²) in [5, 5.41) is 0. The number of nitrogens with zero attached hydrogens (tertiary/aromatic N) is 1. The third-order valence-corrected chi connectivity index (χ3v) is 3.72. The van der Waals surface area contributed by atoms with Crippen LogP contribution in [0.3, 0.4) is 0 Å². The van der Waals surface area contributed by atoms with E-state index in [0.29, 0.717) is 0 Å². The van der Waals surface area contributed by atoms with Crippen molar-refractivity contribution in [2.45, 2.75) is 32.9 Å². The average Bonchev–Trinajstić information content (AvgIpc) is 2.53. The van der Waals surface area contributed by atoms with Gasteiger partial charge in [0.05, 0.1) is 0 Å². The van der Waals surface area contributed by atoms with Gasteiger partial charge in [0.25, 0.3) is 0 Å². The Morgan fingerprint density at radius 3 is 2.15 bits per heavy atom. The molecule has 106 valence electrons. The van der Waals surface area contributed by atoms with Gasteiger partial charge in [-0.15, -0.1) is 0 Å². The molecule has 0 bridgehead atoms. The molecule has 0 unspecified atom stereocenters. The minimum atomic E-state index is 0.147. The van der Waals surface area contributed by atoms with E-state index in [9.17, 15) is 0 Å². The Balaban J connectivity index is 2.11. The van der Waals surface area contributed by atoms with Crippen molar-refractivity contribution in [3.63, 3.8) is 0 Å². The van der Waals surface area contributed by atoms with Gasteiger partial charge in [0.15, 0.2) is 0 Å². The zero-order valence-electron chi connectivity index (χ0n) is 12.4. The summed E-state index contributed by atoms with van der Waals surface area (Å²) in [5.41, 5.74) is 9.87. The molecule has 0 saturated heterocycles. The van der Waals surface area contributed by atoms with Crippen LogP contribution in [0.5, 0.6) is 0 Å². The Morgan fingerprint density at radius 2 is 1.60 bits per heavy atom. The fourth-order valence-electron chi connectivity index (χ4n) is 2.36. The Hall–Kier alpha value is -1.80. The molecule has 20 heavy (non-hydrogen) atoms. The molecule has 0 aliphatic carbocycles. The molecule has 0 heterocycles. The van der Waals surface area contributed by atoms with Crippen LogP contribution >= 0.6 is 0 Å². The van der Waals surface area contributed by atoms with Gasteiger partial charge in [-0.3, -0.25) is 0 Å². The molecule has 2 rings (SSSR count). The van der Waals surface area contributed by atoms with Gasteiger partial charge in [0, 0.05) is 24.8 Å². The minimum Gasteiger partial charge on any atom is -0.367 e. The molecule has 0 radical (unpaired) electrons. The molecule has 2 aromatic carbocycles. The summed E-state index contributed by atoms with van der Waals surface area (Å²) < 4.78 is 0. The molecule has 1 atom stereocenters. The Morgan fingerprint density at radius 1 is 0.950 bits per heavy atom. The summed E-state index contributed by atoms with van der Waals surface area (Å²) >= 11 is 0. The van der Waals surface area contributed by atoms with Gasteiger partial charge in [-0.25, -0.2) is 0 Å². The lowest BCUT2D eigenvalue weighted by Crippen LogP contribution is -2.22. The summed E-state index contributed by atoms with van der Waals surface area (Å²) in [6, 6.07) is 19.4. The van der Waals surface area contributed by atoms with Crippen LogP contribution in [0.4, 0.5) is 5.69 Å². The van der Waals surface area contributed by atoms with Gasteiger partial charge in [0.2, 0.25) is 0 Å². The second-order valence-corrected chi connectivity index (χ2v) is 5.11. The average molecular weight is 268 g/mol. The van der Waals surface area contributed by atoms with Gasteiger partial charge in [-0.05, 0) is 36.6 Å². The Kier molecular flexibility index (Phi) is 5.19. The van der Waals surface area contributed by atoms with Crippen molar-refractivity contribution >= 4 is 5.69 Å². The van der Waals surface area contributed by atoms with Gasteiger partial charge in [0.1, 0.15) is 0 Å². The van der Waals surface area contributed by atoms with Crippen LogP contribution in [0.1, 0.15) is 37.4 Å². The van der Waals surface area contributed by atoms with Gasteiger partial charge in [-0.1, -0.05) is 49.4 Å². The topological polar surface area (TPSA) is 29.3 Å². The molecule has 0 aromatic heterocycles.